The molecule has 0 spiro atoms. The van der Waals surface area contributed by atoms with E-state index in [9.17, 15) is 23.3 Å². The molecular weight excluding hydrogens is 458 g/mol. The quantitative estimate of drug-likeness (QED) is 0.389. The van der Waals surface area contributed by atoms with Crippen LogP contribution >= 0.6 is 0 Å². The van der Waals surface area contributed by atoms with Crippen LogP contribution in [0.4, 0.5) is 10.5 Å². The third kappa shape index (κ3) is 4.41. The van der Waals surface area contributed by atoms with Gasteiger partial charge in [-0.3, -0.25) is 10.1 Å². The van der Waals surface area contributed by atoms with Gasteiger partial charge in [0, 0.05) is 36.3 Å². The fraction of sp³-hybridized carbons (Fsp3) is 0.292. The maximum absolute atomic E-state index is 13.4. The molecule has 1 aliphatic rings. The average Bonchev–Trinajstić information content (AvgIpc) is 3.19. The molecule has 2 aromatic carbocycles. The second kappa shape index (κ2) is 8.60. The summed E-state index contributed by atoms with van der Waals surface area (Å²) in [4.78, 5) is 25.2. The predicted molar refractivity (Wildman–Crippen MR) is 128 cm³/mol. The number of fused-ring (bicyclic) bond motifs is 1. The first-order valence-electron chi connectivity index (χ1n) is 10.8. The van der Waals surface area contributed by atoms with Crippen LogP contribution in [0.3, 0.4) is 0 Å². The molecule has 2 heterocycles. The molecule has 3 aromatic rings. The molecule has 0 fully saturated rings. The number of rotatable bonds is 4. The van der Waals surface area contributed by atoms with E-state index in [1.807, 2.05) is 6.08 Å². The number of nitro benzene ring substituents is 1. The normalized spacial score (nSPS) is 14.7. The van der Waals surface area contributed by atoms with Crippen molar-refractivity contribution in [2.45, 2.75) is 37.7 Å². The molecule has 1 amide bonds. The summed E-state index contributed by atoms with van der Waals surface area (Å²) < 4.78 is 33.3. The van der Waals surface area contributed by atoms with Crippen molar-refractivity contribution in [1.82, 2.24) is 8.87 Å². The van der Waals surface area contributed by atoms with Crippen molar-refractivity contribution < 1.29 is 22.9 Å². The lowest BCUT2D eigenvalue weighted by atomic mass is 9.99. The van der Waals surface area contributed by atoms with Crippen molar-refractivity contribution in [3.63, 3.8) is 0 Å². The molecule has 0 saturated carbocycles. The smallest absolute Gasteiger partial charge is 0.410 e. The SMILES string of the molecule is CC(C)(C)OC(=O)N1CC=C(c2cn(S(=O)(=O)c3ccccc3)c3c([N+](=O)[O-])cccc23)CC1. The molecule has 0 saturated heterocycles. The van der Waals surface area contributed by atoms with Gasteiger partial charge < -0.3 is 9.64 Å². The highest BCUT2D eigenvalue weighted by Gasteiger charge is 2.29. The Labute approximate surface area is 197 Å². The lowest BCUT2D eigenvalue weighted by Crippen LogP contribution is -2.39. The highest BCUT2D eigenvalue weighted by atomic mass is 32.2. The zero-order valence-electron chi connectivity index (χ0n) is 19.1. The van der Waals surface area contributed by atoms with E-state index in [-0.39, 0.29) is 22.6 Å². The van der Waals surface area contributed by atoms with Gasteiger partial charge in [0.25, 0.3) is 15.7 Å². The molecule has 1 aromatic heterocycles. The lowest BCUT2D eigenvalue weighted by Gasteiger charge is -2.29. The fourth-order valence-electron chi connectivity index (χ4n) is 3.94. The van der Waals surface area contributed by atoms with Gasteiger partial charge in [-0.15, -0.1) is 0 Å². The molecule has 0 radical (unpaired) electrons. The zero-order valence-corrected chi connectivity index (χ0v) is 19.9. The number of nitro groups is 1. The van der Waals surface area contributed by atoms with Gasteiger partial charge in [0.15, 0.2) is 0 Å². The van der Waals surface area contributed by atoms with Gasteiger partial charge in [-0.2, -0.15) is 0 Å². The number of para-hydroxylation sites is 1. The van der Waals surface area contributed by atoms with Crippen molar-refractivity contribution in [1.29, 1.82) is 0 Å². The number of ether oxygens (including phenoxy) is 1. The van der Waals surface area contributed by atoms with E-state index in [1.54, 1.807) is 56.0 Å². The second-order valence-electron chi connectivity index (χ2n) is 8.99. The first-order chi connectivity index (χ1) is 16.0. The van der Waals surface area contributed by atoms with Crippen molar-refractivity contribution in [3.8, 4) is 0 Å². The molecular formula is C24H25N3O6S. The van der Waals surface area contributed by atoms with Crippen LogP contribution in [0, 0.1) is 10.1 Å². The Bertz CT molecular complexity index is 1400. The van der Waals surface area contributed by atoms with Crippen LogP contribution in [0.15, 0.2) is 65.7 Å². The van der Waals surface area contributed by atoms with Gasteiger partial charge >= 0.3 is 6.09 Å². The van der Waals surface area contributed by atoms with Crippen molar-refractivity contribution in [3.05, 3.63) is 76.5 Å². The maximum Gasteiger partial charge on any atom is 0.410 e. The highest BCUT2D eigenvalue weighted by Crippen LogP contribution is 2.37. The van der Waals surface area contributed by atoms with E-state index in [0.29, 0.717) is 23.9 Å². The molecule has 0 atom stereocenters. The Morgan fingerprint density at radius 1 is 1.09 bits per heavy atom. The van der Waals surface area contributed by atoms with Gasteiger partial charge in [-0.25, -0.2) is 17.2 Å². The maximum atomic E-state index is 13.4. The highest BCUT2D eigenvalue weighted by molar-refractivity contribution is 7.90. The minimum absolute atomic E-state index is 0.0156. The number of aromatic nitrogens is 1. The van der Waals surface area contributed by atoms with Crippen LogP contribution in [0.2, 0.25) is 0 Å². The summed E-state index contributed by atoms with van der Waals surface area (Å²) in [5.41, 5.74) is 0.505. The Hall–Kier alpha value is -3.66. The molecule has 178 valence electrons. The summed E-state index contributed by atoms with van der Waals surface area (Å²) in [6.45, 7) is 6.06. The average molecular weight is 484 g/mol. The van der Waals surface area contributed by atoms with Gasteiger partial charge in [0.2, 0.25) is 0 Å². The number of amides is 1. The fourth-order valence-corrected chi connectivity index (χ4v) is 5.34. The van der Waals surface area contributed by atoms with Crippen LogP contribution < -0.4 is 0 Å². The predicted octanol–water partition coefficient (Wildman–Crippen LogP) is 4.81. The summed E-state index contributed by atoms with van der Waals surface area (Å²) in [6.07, 6.45) is 3.30. The molecule has 1 aliphatic heterocycles. The minimum atomic E-state index is -4.08. The number of carbonyl (C=O) groups excluding carboxylic acids is 1. The first kappa shape index (κ1) is 23.5. The van der Waals surface area contributed by atoms with Crippen molar-refractivity contribution in [2.24, 2.45) is 0 Å². The second-order valence-corrected chi connectivity index (χ2v) is 10.8. The summed E-state index contributed by atoms with van der Waals surface area (Å²) in [6, 6.07) is 12.3. The van der Waals surface area contributed by atoms with E-state index < -0.39 is 26.6 Å². The van der Waals surface area contributed by atoms with Gasteiger partial charge in [0.1, 0.15) is 11.1 Å². The molecule has 10 heteroatoms. The van der Waals surface area contributed by atoms with E-state index >= 15 is 0 Å². The number of benzene rings is 2. The standard InChI is InChI=1S/C24H25N3O6S/c1-24(2,3)33-23(28)25-14-12-17(13-15-25)20-16-26(34(31,32)18-8-5-4-6-9-18)22-19(20)10-7-11-21(22)27(29)30/h4-12,16H,13-15H2,1-3H3. The largest absolute Gasteiger partial charge is 0.444 e. The van der Waals surface area contributed by atoms with Gasteiger partial charge in [-0.1, -0.05) is 36.4 Å². The van der Waals surface area contributed by atoms with Crippen molar-refractivity contribution >= 4 is 38.3 Å². The van der Waals surface area contributed by atoms with Crippen LogP contribution in [-0.2, 0) is 14.8 Å². The molecule has 4 rings (SSSR count). The number of carbonyl (C=O) groups is 1. The molecule has 0 aliphatic carbocycles. The minimum Gasteiger partial charge on any atom is -0.444 e. The Balaban J connectivity index is 1.81. The van der Waals surface area contributed by atoms with Crippen LogP contribution in [0.25, 0.3) is 16.5 Å². The van der Waals surface area contributed by atoms with Crippen molar-refractivity contribution in [2.75, 3.05) is 13.1 Å². The Morgan fingerprint density at radius 3 is 2.38 bits per heavy atom. The van der Waals surface area contributed by atoms with Gasteiger partial charge in [-0.05, 0) is 44.9 Å². The molecule has 0 unspecified atom stereocenters. The van der Waals surface area contributed by atoms with Gasteiger partial charge in [0.05, 0.1) is 9.82 Å². The third-order valence-corrected chi connectivity index (χ3v) is 7.15. The Morgan fingerprint density at radius 2 is 1.79 bits per heavy atom. The molecule has 9 nitrogen and oxygen atoms in total. The summed E-state index contributed by atoms with van der Waals surface area (Å²) in [7, 11) is -4.08. The number of hydrogen-bond acceptors (Lipinski definition) is 6. The number of non-ortho nitro benzene ring substituents is 1. The first-order valence-corrected chi connectivity index (χ1v) is 12.2. The van der Waals surface area contributed by atoms with Crippen LogP contribution in [0.1, 0.15) is 32.8 Å². The number of hydrogen-bond donors (Lipinski definition) is 0. The monoisotopic (exact) mass is 483 g/mol. The molecule has 0 N–H and O–H groups in total. The number of nitrogens with zero attached hydrogens (tertiary/aromatic N) is 3. The molecule has 34 heavy (non-hydrogen) atoms. The van der Waals surface area contributed by atoms with Crippen LogP contribution in [-0.4, -0.2) is 47.0 Å². The summed E-state index contributed by atoms with van der Waals surface area (Å²) in [5.74, 6) is 0. The third-order valence-electron chi connectivity index (χ3n) is 5.48. The van der Waals surface area contributed by atoms with E-state index in [1.165, 1.54) is 24.4 Å². The lowest BCUT2D eigenvalue weighted by molar-refractivity contribution is -0.383. The zero-order chi connectivity index (χ0) is 24.7. The topological polar surface area (TPSA) is 112 Å². The Kier molecular flexibility index (Phi) is 5.94. The van der Waals surface area contributed by atoms with E-state index in [2.05, 4.69) is 0 Å². The summed E-state index contributed by atoms with van der Waals surface area (Å²) >= 11 is 0. The van der Waals surface area contributed by atoms with E-state index in [0.717, 1.165) is 9.55 Å². The van der Waals surface area contributed by atoms with Crippen LogP contribution in [0.5, 0.6) is 0 Å². The van der Waals surface area contributed by atoms with E-state index in [4.69, 9.17) is 4.74 Å². The molecule has 0 bridgehead atoms. The summed E-state index contributed by atoms with van der Waals surface area (Å²) in [5, 5.41) is 12.2.